The van der Waals surface area contributed by atoms with E-state index in [2.05, 4.69) is 20.0 Å². The molecular formula is C27H27N7O7S2. The number of hydrogen-bond acceptors (Lipinski definition) is 9. The molecule has 2 unspecified atom stereocenters. The highest BCUT2D eigenvalue weighted by Gasteiger charge is 2.45. The molecular weight excluding hydrogens is 598 g/mol. The van der Waals surface area contributed by atoms with E-state index >= 15 is 0 Å². The molecule has 14 nitrogen and oxygen atoms in total. The number of rotatable bonds is 10. The van der Waals surface area contributed by atoms with E-state index in [0.29, 0.717) is 22.6 Å². The van der Waals surface area contributed by atoms with E-state index in [9.17, 15) is 27.6 Å². The molecule has 4 heterocycles. The molecule has 0 bridgehead atoms. The molecule has 16 heteroatoms. The molecule has 3 amide bonds. The second kappa shape index (κ2) is 12.8. The molecule has 224 valence electrons. The lowest BCUT2D eigenvalue weighted by Crippen LogP contribution is -2.63. The van der Waals surface area contributed by atoms with Crippen molar-refractivity contribution in [1.82, 2.24) is 25.2 Å². The molecule has 3 atom stereocenters. The third-order valence-corrected chi connectivity index (χ3v) is 10.2. The predicted molar refractivity (Wildman–Crippen MR) is 151 cm³/mol. The van der Waals surface area contributed by atoms with Gasteiger partial charge in [-0.1, -0.05) is 35.5 Å². The Hall–Kier alpha value is -4.50. The van der Waals surface area contributed by atoms with E-state index in [4.69, 9.17) is 10.1 Å². The highest BCUT2D eigenvalue weighted by atomic mass is 32.2. The number of thiophene rings is 1. The van der Waals surface area contributed by atoms with E-state index in [0.717, 1.165) is 22.6 Å². The Morgan fingerprint density at radius 3 is 2.67 bits per heavy atom. The van der Waals surface area contributed by atoms with Crippen LogP contribution < -0.4 is 10.0 Å². The van der Waals surface area contributed by atoms with Gasteiger partial charge in [-0.2, -0.15) is 9.51 Å². The summed E-state index contributed by atoms with van der Waals surface area (Å²) in [4.78, 5) is 56.2. The molecule has 0 saturated carbocycles. The van der Waals surface area contributed by atoms with Crippen LogP contribution in [0.5, 0.6) is 0 Å². The van der Waals surface area contributed by atoms with Gasteiger partial charge in [0, 0.05) is 25.5 Å². The topological polar surface area (TPSA) is 195 Å². The van der Waals surface area contributed by atoms with Crippen molar-refractivity contribution < 1.29 is 36.9 Å². The summed E-state index contributed by atoms with van der Waals surface area (Å²) in [6.45, 7) is 0.188. The summed E-state index contributed by atoms with van der Waals surface area (Å²) in [6, 6.07) is 9.95. The first-order valence-electron chi connectivity index (χ1n) is 13.4. The van der Waals surface area contributed by atoms with Gasteiger partial charge < -0.3 is 15.4 Å². The van der Waals surface area contributed by atoms with Crippen molar-refractivity contribution in [1.29, 1.82) is 0 Å². The summed E-state index contributed by atoms with van der Waals surface area (Å²) in [5.41, 5.74) is 9.83. The fraction of sp³-hybridized carbons (Fsp3) is 0.333. The molecule has 2 saturated heterocycles. The van der Waals surface area contributed by atoms with Crippen molar-refractivity contribution in [3.63, 3.8) is 0 Å². The third kappa shape index (κ3) is 6.62. The molecule has 2 aromatic heterocycles. The van der Waals surface area contributed by atoms with Crippen LogP contribution in [0.25, 0.3) is 16.1 Å². The zero-order valence-electron chi connectivity index (χ0n) is 22.7. The minimum absolute atomic E-state index is 0.0551. The standard InChI is InChI=1S/C27H27N7O7S2/c28-29-16-18(35)15-21(17-5-2-1-3-6-17)30-26(37)22-7-4-13-33-24(36)10-8-20(27(38)34(22)33)32-43(39,40)25-11-9-23(42-25)19-12-14-41-31-19/h1-3,5-6,9,11-12,14,16,20-22,32H,4,7-8,10,13,15H2,(H,30,37)/t20?,21?,22-/m0/s1. The van der Waals surface area contributed by atoms with Crippen LogP contribution in [0.15, 0.2) is 63.5 Å². The lowest BCUT2D eigenvalue weighted by molar-refractivity contribution is -0.176. The Kier molecular flexibility index (Phi) is 8.92. The summed E-state index contributed by atoms with van der Waals surface area (Å²) in [5.74, 6) is -2.31. The second-order valence-corrected chi connectivity index (χ2v) is 13.0. The summed E-state index contributed by atoms with van der Waals surface area (Å²) in [6.07, 6.45) is 2.31. The van der Waals surface area contributed by atoms with E-state index in [1.807, 2.05) is 0 Å². The highest BCUT2D eigenvalue weighted by molar-refractivity contribution is 7.91. The van der Waals surface area contributed by atoms with Crippen LogP contribution >= 0.6 is 11.3 Å². The fourth-order valence-corrected chi connectivity index (χ4v) is 7.60. The Bertz CT molecular complexity index is 1670. The van der Waals surface area contributed by atoms with Crippen molar-refractivity contribution in [2.45, 2.75) is 54.4 Å². The maximum Gasteiger partial charge on any atom is 0.323 e. The number of nitrogens with one attached hydrogen (secondary N) is 2. The number of nitrogens with zero attached hydrogens (tertiary/aromatic N) is 5. The lowest BCUT2D eigenvalue weighted by atomic mass is 10.00. The van der Waals surface area contributed by atoms with Crippen molar-refractivity contribution in [3.8, 4) is 10.6 Å². The number of Topliss-reactive ketones (excluding diaryl/α,β-unsaturated/α-hetero) is 1. The van der Waals surface area contributed by atoms with Gasteiger partial charge in [0.15, 0.2) is 0 Å². The van der Waals surface area contributed by atoms with E-state index in [1.54, 1.807) is 42.5 Å². The number of carbonyl (C=O) groups excluding carboxylic acids is 4. The van der Waals surface area contributed by atoms with Crippen molar-refractivity contribution in [3.05, 3.63) is 65.9 Å². The van der Waals surface area contributed by atoms with Gasteiger partial charge >= 0.3 is 6.21 Å². The Morgan fingerprint density at radius 2 is 1.95 bits per heavy atom. The van der Waals surface area contributed by atoms with Crippen LogP contribution in [0.4, 0.5) is 0 Å². The minimum atomic E-state index is -4.18. The quantitative estimate of drug-likeness (QED) is 0.193. The molecule has 1 aromatic carbocycles. The van der Waals surface area contributed by atoms with Crippen LogP contribution in [-0.4, -0.2) is 76.7 Å². The summed E-state index contributed by atoms with van der Waals surface area (Å²) >= 11 is 0.943. The van der Waals surface area contributed by atoms with Gasteiger partial charge in [0.1, 0.15) is 28.2 Å². The first kappa shape index (κ1) is 30.0. The number of carbonyl (C=O) groups is 4. The maximum atomic E-state index is 13.9. The average Bonchev–Trinajstić information content (AvgIpc) is 3.70. The Balaban J connectivity index is 1.38. The fourth-order valence-electron chi connectivity index (χ4n) is 5.09. The first-order chi connectivity index (χ1) is 20.7. The number of sulfonamides is 1. The number of hydrazine groups is 1. The summed E-state index contributed by atoms with van der Waals surface area (Å²) < 4.78 is 33.8. The van der Waals surface area contributed by atoms with Gasteiger partial charge in [-0.15, -0.1) is 11.3 Å². The molecule has 0 radical (unpaired) electrons. The highest BCUT2D eigenvalue weighted by Crippen LogP contribution is 2.31. The van der Waals surface area contributed by atoms with Crippen LogP contribution in [0, 0.1) is 0 Å². The van der Waals surface area contributed by atoms with Crippen LogP contribution in [0.3, 0.4) is 0 Å². The zero-order valence-corrected chi connectivity index (χ0v) is 24.3. The smallest absolute Gasteiger partial charge is 0.323 e. The van der Waals surface area contributed by atoms with Crippen molar-refractivity contribution in [2.75, 3.05) is 6.54 Å². The molecule has 2 N–H and O–H groups in total. The second-order valence-electron chi connectivity index (χ2n) is 9.96. The molecule has 3 aromatic rings. The van der Waals surface area contributed by atoms with Gasteiger partial charge in [0.2, 0.25) is 17.6 Å². The lowest BCUT2D eigenvalue weighted by Gasteiger charge is -2.43. The van der Waals surface area contributed by atoms with Crippen LogP contribution in [-0.2, 0) is 29.2 Å². The number of hydrogen-bond donors (Lipinski definition) is 2. The molecule has 0 aliphatic carbocycles. The molecule has 0 spiro atoms. The van der Waals surface area contributed by atoms with Gasteiger partial charge in [0.25, 0.3) is 15.9 Å². The summed E-state index contributed by atoms with van der Waals surface area (Å²) in [5, 5.41) is 8.87. The maximum absolute atomic E-state index is 13.9. The molecule has 43 heavy (non-hydrogen) atoms. The van der Waals surface area contributed by atoms with Crippen molar-refractivity contribution >= 4 is 51.1 Å². The van der Waals surface area contributed by atoms with E-state index in [-0.39, 0.29) is 36.4 Å². The van der Waals surface area contributed by atoms with E-state index in [1.165, 1.54) is 17.3 Å². The number of benzene rings is 1. The third-order valence-electron chi connectivity index (χ3n) is 7.12. The minimum Gasteiger partial charge on any atom is -0.364 e. The normalized spacial score (nSPS) is 19.6. The van der Waals surface area contributed by atoms with Crippen LogP contribution in [0.1, 0.15) is 43.7 Å². The number of aromatic nitrogens is 1. The predicted octanol–water partition coefficient (Wildman–Crippen LogP) is 1.70. The van der Waals surface area contributed by atoms with Gasteiger partial charge in [-0.05, 0) is 37.0 Å². The zero-order chi connectivity index (χ0) is 30.6. The van der Waals surface area contributed by atoms with Crippen LogP contribution in [0.2, 0.25) is 0 Å². The average molecular weight is 626 g/mol. The van der Waals surface area contributed by atoms with Crippen molar-refractivity contribution in [2.24, 2.45) is 0 Å². The SMILES string of the molecule is [N-]=[N+]=CC(=O)CC(NC(=O)[C@@H]1CCCN2C(=O)CCC(NS(=O)(=O)c3ccc(-c4ccon4)s3)C(=O)N12)c1ccccc1. The van der Waals surface area contributed by atoms with E-state index < -0.39 is 51.7 Å². The van der Waals surface area contributed by atoms with Gasteiger partial charge in [-0.25, -0.2) is 13.4 Å². The molecule has 2 fully saturated rings. The van der Waals surface area contributed by atoms with Gasteiger partial charge in [0.05, 0.1) is 10.9 Å². The summed E-state index contributed by atoms with van der Waals surface area (Å²) in [7, 11) is -4.18. The largest absolute Gasteiger partial charge is 0.364 e. The Labute approximate surface area is 250 Å². The molecule has 2 aliphatic rings. The number of ketones is 1. The monoisotopic (exact) mass is 625 g/mol. The molecule has 5 rings (SSSR count). The molecule has 2 aliphatic heterocycles. The first-order valence-corrected chi connectivity index (χ1v) is 15.7. The number of fused-ring (bicyclic) bond motifs is 1. The Morgan fingerprint density at radius 1 is 1.16 bits per heavy atom. The van der Waals surface area contributed by atoms with Gasteiger partial charge in [-0.3, -0.25) is 24.2 Å². The number of amides is 3.